The summed E-state index contributed by atoms with van der Waals surface area (Å²) in [5.74, 6) is -0.952. The van der Waals surface area contributed by atoms with E-state index < -0.39 is 32.5 Å². The Morgan fingerprint density at radius 3 is 1.70 bits per heavy atom. The first-order chi connectivity index (χ1) is 19.3. The minimum atomic E-state index is -4.72. The van der Waals surface area contributed by atoms with Gasteiger partial charge in [0.1, 0.15) is 6.61 Å². The summed E-state index contributed by atoms with van der Waals surface area (Å²) in [6.07, 6.45) is 29.3. The van der Waals surface area contributed by atoms with Gasteiger partial charge in [0.05, 0.1) is 6.61 Å². The number of phosphoric ester groups is 1. The fourth-order valence-electron chi connectivity index (χ4n) is 4.14. The van der Waals surface area contributed by atoms with Crippen LogP contribution in [0.15, 0.2) is 24.3 Å². The fourth-order valence-corrected chi connectivity index (χ4v) is 4.51. The molecule has 0 spiro atoms. The summed E-state index contributed by atoms with van der Waals surface area (Å²) in [7, 11) is -4.72. The molecule has 0 aromatic carbocycles. The van der Waals surface area contributed by atoms with Gasteiger partial charge in [0.25, 0.3) is 0 Å². The molecule has 0 aliphatic carbocycles. The Morgan fingerprint density at radius 1 is 0.650 bits per heavy atom. The normalized spacial score (nSPS) is 12.8. The third-order valence-corrected chi connectivity index (χ3v) is 6.93. The van der Waals surface area contributed by atoms with E-state index in [9.17, 15) is 14.2 Å². The van der Waals surface area contributed by atoms with E-state index in [1.54, 1.807) is 0 Å². The smallest absolute Gasteiger partial charge is 0.462 e. The Bertz CT molecular complexity index is 716. The number of carbonyl (C=O) groups excluding carboxylic acids is 2. The van der Waals surface area contributed by atoms with Crippen LogP contribution in [0.3, 0.4) is 0 Å². The lowest BCUT2D eigenvalue weighted by molar-refractivity contribution is -0.161. The third kappa shape index (κ3) is 29.5. The van der Waals surface area contributed by atoms with Gasteiger partial charge in [-0.1, -0.05) is 109 Å². The number of allylic oxidation sites excluding steroid dienone is 4. The predicted octanol–water partition coefficient (Wildman–Crippen LogP) is 8.50. The topological polar surface area (TPSA) is 119 Å². The fraction of sp³-hybridized carbons (Fsp3) is 0.806. The zero-order valence-electron chi connectivity index (χ0n) is 25.2. The Morgan fingerprint density at radius 2 is 1.18 bits per heavy atom. The molecular weight excluding hydrogens is 531 g/mol. The maximum atomic E-state index is 12.1. The van der Waals surface area contributed by atoms with Crippen LogP contribution in [0.5, 0.6) is 0 Å². The third-order valence-electron chi connectivity index (χ3n) is 6.44. The lowest BCUT2D eigenvalue weighted by Gasteiger charge is -2.18. The summed E-state index contributed by atoms with van der Waals surface area (Å²) in [5.41, 5.74) is 0. The van der Waals surface area contributed by atoms with Crippen LogP contribution in [0.4, 0.5) is 0 Å². The molecule has 0 fully saturated rings. The number of ether oxygens (including phenoxy) is 2. The Kier molecular flexibility index (Phi) is 26.7. The quantitative estimate of drug-likeness (QED) is 0.0404. The summed E-state index contributed by atoms with van der Waals surface area (Å²) in [5, 5.41) is 0. The van der Waals surface area contributed by atoms with Crippen molar-refractivity contribution in [1.29, 1.82) is 0 Å². The molecular formula is C31H57O8P. The zero-order valence-corrected chi connectivity index (χ0v) is 26.1. The van der Waals surface area contributed by atoms with Crippen LogP contribution in [-0.2, 0) is 28.2 Å². The van der Waals surface area contributed by atoms with Crippen molar-refractivity contribution in [2.45, 2.75) is 148 Å². The predicted molar refractivity (Wildman–Crippen MR) is 161 cm³/mol. The van der Waals surface area contributed by atoms with E-state index in [0.29, 0.717) is 12.8 Å². The van der Waals surface area contributed by atoms with Gasteiger partial charge in [-0.05, 0) is 44.9 Å². The highest BCUT2D eigenvalue weighted by atomic mass is 31.2. The number of phosphoric acid groups is 1. The van der Waals surface area contributed by atoms with Crippen molar-refractivity contribution >= 4 is 19.8 Å². The molecule has 0 rings (SSSR count). The maximum absolute atomic E-state index is 12.1. The number of hydrogen-bond acceptors (Lipinski definition) is 6. The van der Waals surface area contributed by atoms with Gasteiger partial charge in [0, 0.05) is 12.8 Å². The van der Waals surface area contributed by atoms with Crippen molar-refractivity contribution in [2.75, 3.05) is 13.2 Å². The highest BCUT2D eigenvalue weighted by molar-refractivity contribution is 7.46. The van der Waals surface area contributed by atoms with Crippen LogP contribution in [0.25, 0.3) is 0 Å². The van der Waals surface area contributed by atoms with Gasteiger partial charge < -0.3 is 19.3 Å². The van der Waals surface area contributed by atoms with Gasteiger partial charge in [0.15, 0.2) is 6.10 Å². The molecule has 2 N–H and O–H groups in total. The Balaban J connectivity index is 3.71. The van der Waals surface area contributed by atoms with Gasteiger partial charge in [-0.2, -0.15) is 0 Å². The van der Waals surface area contributed by atoms with Crippen LogP contribution in [-0.4, -0.2) is 41.0 Å². The minimum absolute atomic E-state index is 0.206. The zero-order chi connectivity index (χ0) is 29.7. The molecule has 1 unspecified atom stereocenters. The summed E-state index contributed by atoms with van der Waals surface area (Å²) in [6, 6.07) is 0. The molecule has 0 bridgehead atoms. The van der Waals surface area contributed by atoms with Crippen LogP contribution < -0.4 is 0 Å². The average Bonchev–Trinajstić information content (AvgIpc) is 2.90. The van der Waals surface area contributed by atoms with Gasteiger partial charge in [-0.15, -0.1) is 0 Å². The van der Waals surface area contributed by atoms with Crippen molar-refractivity contribution in [1.82, 2.24) is 0 Å². The lowest BCUT2D eigenvalue weighted by Crippen LogP contribution is -2.29. The SMILES string of the molecule is CCCCCCC/C=C\C/C=C\CCCCCCCCCCCC(=O)OC(COC(=O)CCC)COP(=O)(O)O. The summed E-state index contributed by atoms with van der Waals surface area (Å²) in [4.78, 5) is 41.4. The summed E-state index contributed by atoms with van der Waals surface area (Å²) >= 11 is 0. The van der Waals surface area contributed by atoms with Crippen LogP contribution in [0, 0.1) is 0 Å². The number of rotatable bonds is 28. The van der Waals surface area contributed by atoms with E-state index in [0.717, 1.165) is 32.1 Å². The Hall–Kier alpha value is -1.47. The molecule has 8 nitrogen and oxygen atoms in total. The molecule has 1 atom stereocenters. The number of hydrogen-bond donors (Lipinski definition) is 2. The van der Waals surface area contributed by atoms with Gasteiger partial charge in [-0.3, -0.25) is 14.1 Å². The number of unbranched alkanes of at least 4 members (excludes halogenated alkanes) is 14. The van der Waals surface area contributed by atoms with E-state index in [4.69, 9.17) is 19.3 Å². The highest BCUT2D eigenvalue weighted by Crippen LogP contribution is 2.35. The van der Waals surface area contributed by atoms with Crippen molar-refractivity contribution in [3.63, 3.8) is 0 Å². The number of esters is 2. The lowest BCUT2D eigenvalue weighted by atomic mass is 10.1. The average molecular weight is 589 g/mol. The first kappa shape index (κ1) is 38.5. The molecule has 234 valence electrons. The highest BCUT2D eigenvalue weighted by Gasteiger charge is 2.22. The summed E-state index contributed by atoms with van der Waals surface area (Å²) in [6.45, 7) is 3.24. The largest absolute Gasteiger partial charge is 0.469 e. The van der Waals surface area contributed by atoms with E-state index in [1.807, 2.05) is 6.92 Å². The van der Waals surface area contributed by atoms with Crippen LogP contribution in [0.2, 0.25) is 0 Å². The first-order valence-corrected chi connectivity index (χ1v) is 17.2. The van der Waals surface area contributed by atoms with Crippen molar-refractivity contribution < 1.29 is 37.9 Å². The molecule has 0 heterocycles. The van der Waals surface area contributed by atoms with Gasteiger partial charge in [-0.25, -0.2) is 4.57 Å². The molecule has 0 aromatic rings. The molecule has 0 amide bonds. The maximum Gasteiger partial charge on any atom is 0.469 e. The first-order valence-electron chi connectivity index (χ1n) is 15.6. The van der Waals surface area contributed by atoms with E-state index >= 15 is 0 Å². The molecule has 9 heteroatoms. The standard InChI is InChI=1S/C31H57O8P/c1-3-5-6-7-8-9-10-11-12-13-14-15-16-17-18-19-20-21-22-23-24-26-31(33)39-29(28-38-40(34,35)36)27-37-30(32)25-4-2/h10-11,13-14,29H,3-9,12,15-28H2,1-2H3,(H2,34,35,36)/b11-10-,14-13-. The molecule has 0 aliphatic heterocycles. The van der Waals surface area contributed by atoms with Gasteiger partial charge in [0.2, 0.25) is 0 Å². The van der Waals surface area contributed by atoms with Crippen molar-refractivity contribution in [2.24, 2.45) is 0 Å². The molecule has 0 aliphatic rings. The minimum Gasteiger partial charge on any atom is -0.462 e. The van der Waals surface area contributed by atoms with Crippen LogP contribution in [0.1, 0.15) is 142 Å². The van der Waals surface area contributed by atoms with E-state index in [-0.39, 0.29) is 19.4 Å². The van der Waals surface area contributed by atoms with Crippen molar-refractivity contribution in [3.05, 3.63) is 24.3 Å². The second-order valence-electron chi connectivity index (χ2n) is 10.4. The van der Waals surface area contributed by atoms with Crippen LogP contribution >= 0.6 is 7.82 Å². The van der Waals surface area contributed by atoms with E-state index in [1.165, 1.54) is 70.6 Å². The molecule has 40 heavy (non-hydrogen) atoms. The van der Waals surface area contributed by atoms with E-state index in [2.05, 4.69) is 35.8 Å². The van der Waals surface area contributed by atoms with Gasteiger partial charge >= 0.3 is 19.8 Å². The Labute approximate surface area is 243 Å². The second kappa shape index (κ2) is 27.7. The summed E-state index contributed by atoms with van der Waals surface area (Å²) < 4.78 is 25.6. The van der Waals surface area contributed by atoms with Crippen molar-refractivity contribution in [3.8, 4) is 0 Å². The molecule has 0 saturated carbocycles. The molecule has 0 radical (unpaired) electrons. The second-order valence-corrected chi connectivity index (χ2v) is 11.7. The number of carbonyl (C=O) groups is 2. The molecule has 0 saturated heterocycles. The molecule has 0 aromatic heterocycles. The monoisotopic (exact) mass is 588 g/mol.